The number of aromatic carboxylic acids is 1. The zero-order valence-corrected chi connectivity index (χ0v) is 8.84. The van der Waals surface area contributed by atoms with E-state index >= 15 is 0 Å². The number of nitrogens with zero attached hydrogens (tertiary/aromatic N) is 1. The lowest BCUT2D eigenvalue weighted by atomic mass is 10.3. The van der Waals surface area contributed by atoms with Gasteiger partial charge in [0.15, 0.2) is 0 Å². The smallest absolute Gasteiger partial charge is 0.338 e. The molecule has 3 nitrogen and oxygen atoms in total. The van der Waals surface area contributed by atoms with Crippen LogP contribution >= 0.6 is 11.3 Å². The van der Waals surface area contributed by atoms with E-state index in [0.29, 0.717) is 5.52 Å². The highest BCUT2D eigenvalue weighted by Crippen LogP contribution is 2.22. The molecule has 0 fully saturated rings. The molecule has 0 aliphatic heterocycles. The molecule has 0 unspecified atom stereocenters. The van der Waals surface area contributed by atoms with Crippen LogP contribution in [-0.2, 0) is 0 Å². The Morgan fingerprint density at radius 1 is 1.50 bits per heavy atom. The highest BCUT2D eigenvalue weighted by Gasteiger charge is 2.10. The second-order valence-corrected chi connectivity index (χ2v) is 3.22. The van der Waals surface area contributed by atoms with Crippen LogP contribution in [-0.4, -0.2) is 16.1 Å². The number of hydrogen-bond donors (Lipinski definition) is 1. The maximum absolute atomic E-state index is 10.6. The Labute approximate surface area is 86.0 Å². The minimum Gasteiger partial charge on any atom is -0.478 e. The predicted molar refractivity (Wildman–Crippen MR) is 57.9 cm³/mol. The Kier molecular flexibility index (Phi) is 3.59. The third-order valence-corrected chi connectivity index (χ3v) is 2.50. The number of pyridine rings is 1. The summed E-state index contributed by atoms with van der Waals surface area (Å²) in [7, 11) is 0. The molecule has 0 atom stereocenters. The molecule has 0 saturated carbocycles. The molecule has 0 aliphatic carbocycles. The third kappa shape index (κ3) is 1.90. The maximum atomic E-state index is 10.6. The number of carboxylic acids is 1. The van der Waals surface area contributed by atoms with E-state index in [1.54, 1.807) is 17.6 Å². The molecule has 2 aromatic heterocycles. The van der Waals surface area contributed by atoms with Gasteiger partial charge in [-0.25, -0.2) is 4.79 Å². The number of carbonyl (C=O) groups is 1. The zero-order valence-electron chi connectivity index (χ0n) is 8.02. The van der Waals surface area contributed by atoms with Crippen molar-refractivity contribution in [3.8, 4) is 0 Å². The number of thiophene rings is 1. The molecule has 2 rings (SSSR count). The van der Waals surface area contributed by atoms with Gasteiger partial charge in [0.05, 0.1) is 15.8 Å². The van der Waals surface area contributed by atoms with Gasteiger partial charge in [-0.1, -0.05) is 13.8 Å². The van der Waals surface area contributed by atoms with Crippen molar-refractivity contribution in [3.05, 3.63) is 29.3 Å². The molecular formula is C10H11NO2S. The summed E-state index contributed by atoms with van der Waals surface area (Å²) < 4.78 is 0.912. The van der Waals surface area contributed by atoms with Crippen LogP contribution in [0.4, 0.5) is 0 Å². The van der Waals surface area contributed by atoms with Crippen molar-refractivity contribution in [1.29, 1.82) is 0 Å². The summed E-state index contributed by atoms with van der Waals surface area (Å²) in [5.41, 5.74) is 0.866. The fraction of sp³-hybridized carbons (Fsp3) is 0.200. The van der Waals surface area contributed by atoms with Gasteiger partial charge in [-0.15, -0.1) is 11.3 Å². The van der Waals surface area contributed by atoms with Crippen molar-refractivity contribution < 1.29 is 9.90 Å². The van der Waals surface area contributed by atoms with E-state index in [2.05, 4.69) is 4.98 Å². The Morgan fingerprint density at radius 2 is 2.21 bits per heavy atom. The van der Waals surface area contributed by atoms with E-state index in [4.69, 9.17) is 5.11 Å². The number of carboxylic acid groups (broad SMARTS) is 1. The molecular weight excluding hydrogens is 198 g/mol. The fourth-order valence-electron chi connectivity index (χ4n) is 1.02. The van der Waals surface area contributed by atoms with Gasteiger partial charge in [0.2, 0.25) is 0 Å². The molecule has 74 valence electrons. The number of fused-ring (bicyclic) bond motifs is 1. The Balaban J connectivity index is 0.000000461. The van der Waals surface area contributed by atoms with Crippen molar-refractivity contribution in [2.75, 3.05) is 0 Å². The molecule has 0 aliphatic rings. The minimum absolute atomic E-state index is 0.288. The molecule has 14 heavy (non-hydrogen) atoms. The molecule has 2 heterocycles. The molecule has 2 aromatic rings. The minimum atomic E-state index is -0.917. The number of rotatable bonds is 1. The van der Waals surface area contributed by atoms with Crippen molar-refractivity contribution in [3.63, 3.8) is 0 Å². The second-order valence-electron chi connectivity index (χ2n) is 2.30. The van der Waals surface area contributed by atoms with E-state index < -0.39 is 5.97 Å². The van der Waals surface area contributed by atoms with Gasteiger partial charge in [0.25, 0.3) is 0 Å². The van der Waals surface area contributed by atoms with Gasteiger partial charge in [0, 0.05) is 11.6 Å². The van der Waals surface area contributed by atoms with Crippen molar-refractivity contribution in [2.45, 2.75) is 13.8 Å². The molecule has 0 saturated heterocycles. The predicted octanol–water partition coefficient (Wildman–Crippen LogP) is 3.02. The van der Waals surface area contributed by atoms with Crippen LogP contribution < -0.4 is 0 Å². The van der Waals surface area contributed by atoms with E-state index in [1.165, 1.54) is 11.3 Å². The molecule has 0 spiro atoms. The summed E-state index contributed by atoms with van der Waals surface area (Å²) in [6, 6.07) is 3.66. The van der Waals surface area contributed by atoms with E-state index in [9.17, 15) is 4.79 Å². The number of aromatic nitrogens is 1. The molecule has 4 heteroatoms. The molecule has 0 bridgehead atoms. The van der Waals surface area contributed by atoms with Gasteiger partial charge in [-0.2, -0.15) is 0 Å². The monoisotopic (exact) mass is 209 g/mol. The standard InChI is InChI=1S/C8H5NO2S.C2H6/c10-8(11)5-4-12-6-2-1-3-9-7(5)6;1-2/h1-4H,(H,10,11);1-2H3. The van der Waals surface area contributed by atoms with Crippen LogP contribution in [0.3, 0.4) is 0 Å². The first kappa shape index (κ1) is 10.7. The largest absolute Gasteiger partial charge is 0.478 e. The Hall–Kier alpha value is -1.42. The van der Waals surface area contributed by atoms with Crippen LogP contribution in [0.15, 0.2) is 23.7 Å². The van der Waals surface area contributed by atoms with E-state index in [1.807, 2.05) is 19.9 Å². The normalized spacial score (nSPS) is 9.29. The van der Waals surface area contributed by atoms with Gasteiger partial charge in [-0.05, 0) is 12.1 Å². The van der Waals surface area contributed by atoms with Crippen molar-refractivity contribution >= 4 is 27.5 Å². The van der Waals surface area contributed by atoms with Crippen LogP contribution in [0.1, 0.15) is 24.2 Å². The number of hydrogen-bond acceptors (Lipinski definition) is 3. The Morgan fingerprint density at radius 3 is 2.86 bits per heavy atom. The SMILES string of the molecule is CC.O=C(O)c1csc2cccnc12. The first-order valence-electron chi connectivity index (χ1n) is 4.34. The summed E-state index contributed by atoms with van der Waals surface area (Å²) >= 11 is 1.40. The van der Waals surface area contributed by atoms with Gasteiger partial charge >= 0.3 is 5.97 Å². The van der Waals surface area contributed by atoms with Crippen LogP contribution in [0.25, 0.3) is 10.2 Å². The summed E-state index contributed by atoms with van der Waals surface area (Å²) in [4.78, 5) is 14.6. The third-order valence-electron chi connectivity index (χ3n) is 1.56. The molecule has 0 amide bonds. The average molecular weight is 209 g/mol. The summed E-state index contributed by atoms with van der Waals surface area (Å²) in [6.07, 6.45) is 1.60. The van der Waals surface area contributed by atoms with E-state index in [0.717, 1.165) is 4.70 Å². The molecule has 0 radical (unpaired) electrons. The highest BCUT2D eigenvalue weighted by atomic mass is 32.1. The van der Waals surface area contributed by atoms with Gasteiger partial charge in [0.1, 0.15) is 0 Å². The lowest BCUT2D eigenvalue weighted by Crippen LogP contribution is -1.94. The topological polar surface area (TPSA) is 50.2 Å². The second kappa shape index (κ2) is 4.72. The highest BCUT2D eigenvalue weighted by molar-refractivity contribution is 7.17. The molecule has 1 N–H and O–H groups in total. The van der Waals surface area contributed by atoms with Crippen molar-refractivity contribution in [1.82, 2.24) is 4.98 Å². The fourth-order valence-corrected chi connectivity index (χ4v) is 1.91. The summed E-state index contributed by atoms with van der Waals surface area (Å²) in [6.45, 7) is 4.00. The van der Waals surface area contributed by atoms with Gasteiger partial charge in [-0.3, -0.25) is 4.98 Å². The van der Waals surface area contributed by atoms with Crippen molar-refractivity contribution in [2.24, 2.45) is 0 Å². The lowest BCUT2D eigenvalue weighted by Gasteiger charge is -1.88. The summed E-state index contributed by atoms with van der Waals surface area (Å²) in [5.74, 6) is -0.917. The lowest BCUT2D eigenvalue weighted by molar-refractivity contribution is 0.0699. The average Bonchev–Trinajstić information content (AvgIpc) is 2.64. The first-order valence-corrected chi connectivity index (χ1v) is 5.22. The Bertz CT molecular complexity index is 436. The van der Waals surface area contributed by atoms with Crippen LogP contribution in [0.5, 0.6) is 0 Å². The quantitative estimate of drug-likeness (QED) is 0.785. The van der Waals surface area contributed by atoms with Crippen LogP contribution in [0.2, 0.25) is 0 Å². The van der Waals surface area contributed by atoms with Gasteiger partial charge < -0.3 is 5.11 Å². The maximum Gasteiger partial charge on any atom is 0.338 e. The first-order chi connectivity index (χ1) is 6.79. The summed E-state index contributed by atoms with van der Waals surface area (Å²) in [5, 5.41) is 10.3. The van der Waals surface area contributed by atoms with E-state index in [-0.39, 0.29) is 5.56 Å². The zero-order chi connectivity index (χ0) is 10.6. The molecule has 0 aromatic carbocycles. The van der Waals surface area contributed by atoms with Crippen LogP contribution in [0, 0.1) is 0 Å².